The third-order valence-electron chi connectivity index (χ3n) is 4.70. The first-order valence-corrected chi connectivity index (χ1v) is 8.49. The second kappa shape index (κ2) is 7.79. The van der Waals surface area contributed by atoms with Crippen LogP contribution in [-0.4, -0.2) is 48.4 Å². The van der Waals surface area contributed by atoms with Crippen molar-refractivity contribution in [3.8, 4) is 5.75 Å². The third-order valence-corrected chi connectivity index (χ3v) is 4.70. The standard InChI is InChI=1S/C18H25NO4/c20-18(21)15-6-8-19(9-7-15)12-14-3-1-4-16(11-14)23-13-17-5-2-10-22-17/h1,3-4,11,15,17H,2,5-10,12-13H2,(H,20,21). The van der Waals surface area contributed by atoms with Gasteiger partial charge in [0.2, 0.25) is 0 Å². The molecule has 1 aromatic rings. The van der Waals surface area contributed by atoms with Crippen molar-refractivity contribution in [3.05, 3.63) is 29.8 Å². The van der Waals surface area contributed by atoms with Crippen molar-refractivity contribution in [2.24, 2.45) is 5.92 Å². The molecule has 1 unspecified atom stereocenters. The summed E-state index contributed by atoms with van der Waals surface area (Å²) in [5, 5.41) is 9.05. The molecular formula is C18H25NO4. The Balaban J connectivity index is 1.48. The molecule has 3 rings (SSSR count). The lowest BCUT2D eigenvalue weighted by molar-refractivity contribution is -0.143. The van der Waals surface area contributed by atoms with E-state index in [0.29, 0.717) is 6.61 Å². The number of piperidine rings is 1. The van der Waals surface area contributed by atoms with E-state index < -0.39 is 5.97 Å². The number of nitrogens with zero attached hydrogens (tertiary/aromatic N) is 1. The van der Waals surface area contributed by atoms with E-state index in [9.17, 15) is 4.79 Å². The summed E-state index contributed by atoms with van der Waals surface area (Å²) >= 11 is 0. The van der Waals surface area contributed by atoms with Gasteiger partial charge >= 0.3 is 5.97 Å². The zero-order valence-electron chi connectivity index (χ0n) is 13.4. The molecule has 0 aromatic heterocycles. The van der Waals surface area contributed by atoms with Crippen LogP contribution < -0.4 is 4.74 Å². The maximum Gasteiger partial charge on any atom is 0.306 e. The Morgan fingerprint density at radius 1 is 1.30 bits per heavy atom. The van der Waals surface area contributed by atoms with Gasteiger partial charge in [0.25, 0.3) is 0 Å². The molecule has 5 nitrogen and oxygen atoms in total. The Morgan fingerprint density at radius 2 is 2.13 bits per heavy atom. The maximum atomic E-state index is 11.0. The zero-order chi connectivity index (χ0) is 16.1. The van der Waals surface area contributed by atoms with Gasteiger partial charge in [-0.1, -0.05) is 12.1 Å². The van der Waals surface area contributed by atoms with Crippen molar-refractivity contribution in [2.45, 2.75) is 38.3 Å². The summed E-state index contributed by atoms with van der Waals surface area (Å²) in [5.41, 5.74) is 1.21. The molecule has 1 aromatic carbocycles. The normalized spacial score (nSPS) is 23.0. The van der Waals surface area contributed by atoms with Gasteiger partial charge in [0.15, 0.2) is 0 Å². The topological polar surface area (TPSA) is 59.0 Å². The Kier molecular flexibility index (Phi) is 5.51. The highest BCUT2D eigenvalue weighted by atomic mass is 16.5. The molecule has 1 N–H and O–H groups in total. The number of carbonyl (C=O) groups is 1. The minimum Gasteiger partial charge on any atom is -0.491 e. The first-order chi connectivity index (χ1) is 11.2. The van der Waals surface area contributed by atoms with Gasteiger partial charge < -0.3 is 14.6 Å². The van der Waals surface area contributed by atoms with E-state index in [-0.39, 0.29) is 12.0 Å². The van der Waals surface area contributed by atoms with Gasteiger partial charge in [-0.25, -0.2) is 0 Å². The fraction of sp³-hybridized carbons (Fsp3) is 0.611. The summed E-state index contributed by atoms with van der Waals surface area (Å²) in [7, 11) is 0. The molecule has 2 fully saturated rings. The molecule has 1 atom stereocenters. The molecule has 126 valence electrons. The van der Waals surface area contributed by atoms with Crippen molar-refractivity contribution >= 4 is 5.97 Å². The van der Waals surface area contributed by atoms with Crippen molar-refractivity contribution < 1.29 is 19.4 Å². The summed E-state index contributed by atoms with van der Waals surface area (Å²) in [6.45, 7) is 4.01. The van der Waals surface area contributed by atoms with Gasteiger partial charge in [0, 0.05) is 13.2 Å². The molecule has 2 aliphatic heterocycles. The molecule has 2 saturated heterocycles. The molecular weight excluding hydrogens is 294 g/mol. The molecule has 0 bridgehead atoms. The summed E-state index contributed by atoms with van der Waals surface area (Å²) in [4.78, 5) is 13.3. The van der Waals surface area contributed by atoms with Crippen LogP contribution >= 0.6 is 0 Å². The van der Waals surface area contributed by atoms with Gasteiger partial charge in [-0.05, 0) is 56.5 Å². The Hall–Kier alpha value is -1.59. The fourth-order valence-corrected chi connectivity index (χ4v) is 3.29. The van der Waals surface area contributed by atoms with E-state index in [0.717, 1.165) is 57.7 Å². The number of hydrogen-bond donors (Lipinski definition) is 1. The number of ether oxygens (including phenoxy) is 2. The smallest absolute Gasteiger partial charge is 0.306 e. The average Bonchev–Trinajstić information content (AvgIpc) is 3.07. The van der Waals surface area contributed by atoms with Crippen LogP contribution in [-0.2, 0) is 16.1 Å². The Morgan fingerprint density at radius 3 is 2.83 bits per heavy atom. The van der Waals surface area contributed by atoms with Crippen LogP contribution in [0.1, 0.15) is 31.2 Å². The van der Waals surface area contributed by atoms with Gasteiger partial charge in [0.1, 0.15) is 12.4 Å². The third kappa shape index (κ3) is 4.69. The molecule has 2 heterocycles. The molecule has 0 saturated carbocycles. The highest BCUT2D eigenvalue weighted by molar-refractivity contribution is 5.70. The molecule has 0 amide bonds. The second-order valence-electron chi connectivity index (χ2n) is 6.48. The summed E-state index contributed by atoms with van der Waals surface area (Å²) in [6.07, 6.45) is 3.92. The van der Waals surface area contributed by atoms with E-state index >= 15 is 0 Å². The fourth-order valence-electron chi connectivity index (χ4n) is 3.29. The second-order valence-corrected chi connectivity index (χ2v) is 6.48. The monoisotopic (exact) mass is 319 g/mol. The summed E-state index contributed by atoms with van der Waals surface area (Å²) in [5.74, 6) is 0.0555. The quantitative estimate of drug-likeness (QED) is 0.873. The first kappa shape index (κ1) is 16.3. The SMILES string of the molecule is O=C(O)C1CCN(Cc2cccc(OCC3CCCO3)c2)CC1. The van der Waals surface area contributed by atoms with E-state index in [2.05, 4.69) is 17.0 Å². The van der Waals surface area contributed by atoms with Crippen LogP contribution in [0.3, 0.4) is 0 Å². The van der Waals surface area contributed by atoms with E-state index in [1.807, 2.05) is 12.1 Å². The Bertz CT molecular complexity index is 520. The van der Waals surface area contributed by atoms with Gasteiger partial charge in [-0.3, -0.25) is 9.69 Å². The number of carboxylic acids is 1. The van der Waals surface area contributed by atoms with Crippen molar-refractivity contribution in [2.75, 3.05) is 26.3 Å². The number of hydrogen-bond acceptors (Lipinski definition) is 4. The molecule has 0 spiro atoms. The van der Waals surface area contributed by atoms with Crippen LogP contribution in [0.5, 0.6) is 5.75 Å². The van der Waals surface area contributed by atoms with Crippen molar-refractivity contribution in [3.63, 3.8) is 0 Å². The predicted molar refractivity (Wildman–Crippen MR) is 86.5 cm³/mol. The van der Waals surface area contributed by atoms with Crippen LogP contribution in [0.15, 0.2) is 24.3 Å². The van der Waals surface area contributed by atoms with Crippen LogP contribution in [0.25, 0.3) is 0 Å². The van der Waals surface area contributed by atoms with Gasteiger partial charge in [0.05, 0.1) is 12.0 Å². The number of aliphatic carboxylic acids is 1. The first-order valence-electron chi connectivity index (χ1n) is 8.49. The molecule has 2 aliphatic rings. The lowest BCUT2D eigenvalue weighted by Gasteiger charge is -2.30. The van der Waals surface area contributed by atoms with Crippen molar-refractivity contribution in [1.82, 2.24) is 4.90 Å². The van der Waals surface area contributed by atoms with Gasteiger partial charge in [-0.2, -0.15) is 0 Å². The number of benzene rings is 1. The molecule has 23 heavy (non-hydrogen) atoms. The highest BCUT2D eigenvalue weighted by Gasteiger charge is 2.24. The van der Waals surface area contributed by atoms with Crippen LogP contribution in [0, 0.1) is 5.92 Å². The maximum absolute atomic E-state index is 11.0. The zero-order valence-corrected chi connectivity index (χ0v) is 13.4. The van der Waals surface area contributed by atoms with E-state index in [1.54, 1.807) is 0 Å². The summed E-state index contributed by atoms with van der Waals surface area (Å²) < 4.78 is 11.4. The lowest BCUT2D eigenvalue weighted by atomic mass is 9.97. The Labute approximate surface area is 137 Å². The average molecular weight is 319 g/mol. The predicted octanol–water partition coefficient (Wildman–Crippen LogP) is 2.54. The number of rotatable bonds is 6. The van der Waals surface area contributed by atoms with E-state index in [4.69, 9.17) is 14.6 Å². The van der Waals surface area contributed by atoms with Gasteiger partial charge in [-0.15, -0.1) is 0 Å². The minimum atomic E-state index is -0.658. The van der Waals surface area contributed by atoms with Crippen LogP contribution in [0.2, 0.25) is 0 Å². The highest BCUT2D eigenvalue weighted by Crippen LogP contribution is 2.21. The number of likely N-dealkylation sites (tertiary alicyclic amines) is 1. The van der Waals surface area contributed by atoms with Crippen molar-refractivity contribution in [1.29, 1.82) is 0 Å². The molecule has 5 heteroatoms. The minimum absolute atomic E-state index is 0.174. The number of carboxylic acid groups (broad SMARTS) is 1. The summed E-state index contributed by atoms with van der Waals surface area (Å²) in [6, 6.07) is 8.18. The molecule has 0 aliphatic carbocycles. The van der Waals surface area contributed by atoms with E-state index in [1.165, 1.54) is 5.56 Å². The molecule has 0 radical (unpaired) electrons. The lowest BCUT2D eigenvalue weighted by Crippen LogP contribution is -2.35. The van der Waals surface area contributed by atoms with Crippen LogP contribution in [0.4, 0.5) is 0 Å². The largest absolute Gasteiger partial charge is 0.491 e.